The Kier molecular flexibility index (Phi) is 8.95. The van der Waals surface area contributed by atoms with Gasteiger partial charge in [0.25, 0.3) is 5.91 Å². The van der Waals surface area contributed by atoms with Crippen molar-refractivity contribution in [2.75, 3.05) is 32.1 Å². The predicted molar refractivity (Wildman–Crippen MR) is 124 cm³/mol. The van der Waals surface area contributed by atoms with Gasteiger partial charge < -0.3 is 20.7 Å². The van der Waals surface area contributed by atoms with Crippen molar-refractivity contribution in [3.63, 3.8) is 0 Å². The number of anilines is 1. The number of hydrogen-bond acceptors (Lipinski definition) is 5. The monoisotopic (exact) mass is 452 g/mol. The van der Waals surface area contributed by atoms with E-state index < -0.39 is 6.03 Å². The Morgan fingerprint density at radius 2 is 2.00 bits per heavy atom. The SMILES string of the molecule is CCN1CCCC[C@H](NC(=O)c2cc(-c3ccc(OC)cc3)sc2NC(N)=O)C1.Cl. The average Bonchev–Trinajstić information content (AvgIpc) is 2.99. The number of carbonyl (C=O) groups is 2. The fraction of sp³-hybridized carbons (Fsp3) is 0.429. The van der Waals surface area contributed by atoms with E-state index in [-0.39, 0.29) is 24.4 Å². The number of likely N-dealkylation sites (tertiary alicyclic amines) is 1. The van der Waals surface area contributed by atoms with Crippen LogP contribution in [0.5, 0.6) is 5.75 Å². The van der Waals surface area contributed by atoms with E-state index in [1.807, 2.05) is 24.3 Å². The lowest BCUT2D eigenvalue weighted by molar-refractivity contribution is 0.0928. The molecule has 164 valence electrons. The second kappa shape index (κ2) is 11.2. The van der Waals surface area contributed by atoms with Gasteiger partial charge in [-0.05, 0) is 61.8 Å². The van der Waals surface area contributed by atoms with Gasteiger partial charge in [-0.1, -0.05) is 13.3 Å². The Hall–Kier alpha value is -2.29. The number of nitrogens with zero attached hydrogens (tertiary/aromatic N) is 1. The number of ether oxygens (including phenoxy) is 1. The van der Waals surface area contributed by atoms with Crippen molar-refractivity contribution in [2.24, 2.45) is 5.73 Å². The molecule has 4 N–H and O–H groups in total. The Morgan fingerprint density at radius 3 is 2.63 bits per heavy atom. The fourth-order valence-electron chi connectivity index (χ4n) is 3.55. The van der Waals surface area contributed by atoms with Crippen molar-refractivity contribution in [2.45, 2.75) is 32.2 Å². The van der Waals surface area contributed by atoms with Crippen LogP contribution in [0.15, 0.2) is 30.3 Å². The van der Waals surface area contributed by atoms with Crippen LogP contribution in [0.2, 0.25) is 0 Å². The quantitative estimate of drug-likeness (QED) is 0.618. The molecule has 0 saturated carbocycles. The maximum atomic E-state index is 13.0. The normalized spacial score (nSPS) is 16.8. The first-order valence-corrected chi connectivity index (χ1v) is 10.7. The van der Waals surface area contributed by atoms with E-state index in [1.165, 1.54) is 11.3 Å². The van der Waals surface area contributed by atoms with E-state index in [0.29, 0.717) is 10.6 Å². The lowest BCUT2D eigenvalue weighted by atomic mass is 10.1. The molecule has 2 heterocycles. The van der Waals surface area contributed by atoms with Gasteiger partial charge in [-0.2, -0.15) is 0 Å². The molecule has 0 bridgehead atoms. The van der Waals surface area contributed by atoms with Gasteiger partial charge in [0.1, 0.15) is 10.8 Å². The third kappa shape index (κ3) is 6.10. The average molecular weight is 453 g/mol. The molecule has 9 heteroatoms. The molecule has 1 saturated heterocycles. The molecular weight excluding hydrogens is 424 g/mol. The summed E-state index contributed by atoms with van der Waals surface area (Å²) in [5, 5.41) is 6.21. The zero-order valence-corrected chi connectivity index (χ0v) is 18.9. The molecular formula is C21H29ClN4O3S. The number of likely N-dealkylation sites (N-methyl/N-ethyl adjacent to an activating group) is 1. The van der Waals surface area contributed by atoms with Gasteiger partial charge in [0, 0.05) is 17.5 Å². The van der Waals surface area contributed by atoms with Gasteiger partial charge in [0.15, 0.2) is 0 Å². The van der Waals surface area contributed by atoms with Crippen molar-refractivity contribution in [1.82, 2.24) is 10.2 Å². The van der Waals surface area contributed by atoms with E-state index >= 15 is 0 Å². The number of benzene rings is 1. The van der Waals surface area contributed by atoms with Crippen LogP contribution in [-0.4, -0.2) is 49.6 Å². The Bertz CT molecular complexity index is 856. The van der Waals surface area contributed by atoms with Crippen molar-refractivity contribution in [3.8, 4) is 16.2 Å². The molecule has 0 spiro atoms. The minimum Gasteiger partial charge on any atom is -0.497 e. The van der Waals surface area contributed by atoms with Gasteiger partial charge >= 0.3 is 6.03 Å². The van der Waals surface area contributed by atoms with Gasteiger partial charge in [0.05, 0.1) is 12.7 Å². The second-order valence-corrected chi connectivity index (χ2v) is 8.18. The molecule has 3 amide bonds. The highest BCUT2D eigenvalue weighted by Crippen LogP contribution is 2.36. The molecule has 2 aromatic rings. The van der Waals surface area contributed by atoms with Crippen molar-refractivity contribution >= 4 is 40.7 Å². The van der Waals surface area contributed by atoms with Crippen LogP contribution in [0.3, 0.4) is 0 Å². The summed E-state index contributed by atoms with van der Waals surface area (Å²) in [5.74, 6) is 0.570. The number of primary amides is 1. The number of rotatable bonds is 6. The molecule has 1 aliphatic heterocycles. The lowest BCUT2D eigenvalue weighted by Gasteiger charge is -2.23. The molecule has 1 aromatic carbocycles. The van der Waals surface area contributed by atoms with Gasteiger partial charge in [-0.25, -0.2) is 4.79 Å². The largest absolute Gasteiger partial charge is 0.497 e. The van der Waals surface area contributed by atoms with E-state index in [2.05, 4.69) is 22.5 Å². The predicted octanol–water partition coefficient (Wildman–Crippen LogP) is 3.94. The highest BCUT2D eigenvalue weighted by atomic mass is 35.5. The van der Waals surface area contributed by atoms with Crippen LogP contribution in [0, 0.1) is 0 Å². The summed E-state index contributed by atoms with van der Waals surface area (Å²) < 4.78 is 5.20. The molecule has 3 rings (SSSR count). The van der Waals surface area contributed by atoms with Gasteiger partial charge in [-0.15, -0.1) is 23.7 Å². The summed E-state index contributed by atoms with van der Waals surface area (Å²) in [5.41, 5.74) is 6.70. The smallest absolute Gasteiger partial charge is 0.317 e. The summed E-state index contributed by atoms with van der Waals surface area (Å²) in [6.45, 7) is 5.02. The molecule has 7 nitrogen and oxygen atoms in total. The first-order valence-electron chi connectivity index (χ1n) is 9.88. The number of halogens is 1. The van der Waals surface area contributed by atoms with Crippen LogP contribution >= 0.6 is 23.7 Å². The number of carbonyl (C=O) groups excluding carboxylic acids is 2. The van der Waals surface area contributed by atoms with Crippen molar-refractivity contribution < 1.29 is 14.3 Å². The Labute approximate surface area is 187 Å². The molecule has 0 unspecified atom stereocenters. The first kappa shape index (κ1) is 24.0. The van der Waals surface area contributed by atoms with Crippen LogP contribution in [0.1, 0.15) is 36.5 Å². The number of nitrogens with two attached hydrogens (primary N) is 1. The van der Waals surface area contributed by atoms with E-state index in [1.54, 1.807) is 13.2 Å². The summed E-state index contributed by atoms with van der Waals surface area (Å²) in [6, 6.07) is 8.78. The minimum atomic E-state index is -0.686. The number of hydrogen-bond donors (Lipinski definition) is 3. The first-order chi connectivity index (χ1) is 14.0. The summed E-state index contributed by atoms with van der Waals surface area (Å²) in [7, 11) is 1.62. The second-order valence-electron chi connectivity index (χ2n) is 7.13. The van der Waals surface area contributed by atoms with Crippen LogP contribution in [-0.2, 0) is 0 Å². The minimum absolute atomic E-state index is 0. The maximum absolute atomic E-state index is 13.0. The lowest BCUT2D eigenvalue weighted by Crippen LogP contribution is -2.42. The fourth-order valence-corrected chi connectivity index (χ4v) is 4.61. The third-order valence-corrected chi connectivity index (χ3v) is 6.23. The maximum Gasteiger partial charge on any atom is 0.317 e. The van der Waals surface area contributed by atoms with E-state index in [9.17, 15) is 9.59 Å². The van der Waals surface area contributed by atoms with E-state index in [4.69, 9.17) is 10.5 Å². The molecule has 1 atom stereocenters. The summed E-state index contributed by atoms with van der Waals surface area (Å²) in [6.07, 6.45) is 3.19. The topological polar surface area (TPSA) is 96.7 Å². The number of urea groups is 1. The van der Waals surface area contributed by atoms with Crippen molar-refractivity contribution in [1.29, 1.82) is 0 Å². The number of nitrogens with one attached hydrogen (secondary N) is 2. The number of thiophene rings is 1. The third-order valence-electron chi connectivity index (χ3n) is 5.13. The summed E-state index contributed by atoms with van der Waals surface area (Å²) >= 11 is 1.33. The van der Waals surface area contributed by atoms with Crippen molar-refractivity contribution in [3.05, 3.63) is 35.9 Å². The van der Waals surface area contributed by atoms with Crippen LogP contribution in [0.25, 0.3) is 10.4 Å². The molecule has 0 aliphatic carbocycles. The van der Waals surface area contributed by atoms with Crippen LogP contribution in [0.4, 0.5) is 9.80 Å². The standard InChI is InChI=1S/C21H28N4O3S.ClH/c1-3-25-11-5-4-6-15(13-25)23-19(26)17-12-18(29-20(17)24-21(22)27)14-7-9-16(28-2)10-8-14;/h7-10,12,15H,3-6,11,13H2,1-2H3,(H,23,26)(H3,22,24,27);1H/t15-;/m0./s1. The highest BCUT2D eigenvalue weighted by Gasteiger charge is 2.23. The number of methoxy groups -OCH3 is 1. The molecule has 30 heavy (non-hydrogen) atoms. The highest BCUT2D eigenvalue weighted by molar-refractivity contribution is 7.20. The van der Waals surface area contributed by atoms with Crippen LogP contribution < -0.4 is 21.1 Å². The zero-order valence-electron chi connectivity index (χ0n) is 17.3. The molecule has 0 radical (unpaired) electrons. The molecule has 1 fully saturated rings. The van der Waals surface area contributed by atoms with E-state index in [0.717, 1.165) is 55.1 Å². The Morgan fingerprint density at radius 1 is 1.27 bits per heavy atom. The summed E-state index contributed by atoms with van der Waals surface area (Å²) in [4.78, 5) is 27.7. The zero-order chi connectivity index (χ0) is 20.8. The Balaban J connectivity index is 0.00000320. The van der Waals surface area contributed by atoms with Gasteiger partial charge in [0.2, 0.25) is 0 Å². The van der Waals surface area contributed by atoms with Gasteiger partial charge in [-0.3, -0.25) is 10.1 Å². The molecule has 1 aromatic heterocycles. The number of amides is 3. The molecule has 1 aliphatic rings.